The van der Waals surface area contributed by atoms with Crippen LogP contribution in [0.15, 0.2) is 57.9 Å². The summed E-state index contributed by atoms with van der Waals surface area (Å²) in [4.78, 5) is 37.7. The van der Waals surface area contributed by atoms with Crippen LogP contribution in [-0.4, -0.2) is 38.7 Å². The topological polar surface area (TPSA) is 86.7 Å². The maximum absolute atomic E-state index is 12.6. The molecule has 9 heteroatoms. The zero-order valence-corrected chi connectivity index (χ0v) is 18.9. The Kier molecular flexibility index (Phi) is 7.41. The van der Waals surface area contributed by atoms with Crippen molar-refractivity contribution in [2.45, 2.75) is 12.8 Å². The molecule has 0 spiro atoms. The highest BCUT2D eigenvalue weighted by Gasteiger charge is 2.31. The fourth-order valence-corrected chi connectivity index (χ4v) is 4.48. The largest absolute Gasteiger partial charge is 0.478 e. The van der Waals surface area contributed by atoms with Crippen LogP contribution >= 0.6 is 39.9 Å². The normalized spacial score (nSPS) is 15.0. The Bertz CT molecular complexity index is 1040. The van der Waals surface area contributed by atoms with Crippen molar-refractivity contribution in [2.24, 2.45) is 0 Å². The van der Waals surface area contributed by atoms with Crippen LogP contribution in [0.5, 0.6) is 0 Å². The molecule has 0 saturated carbocycles. The number of aromatic carboxylic acids is 1. The minimum Gasteiger partial charge on any atom is -0.478 e. The number of thiocarbonyl (C=S) groups is 1. The van der Waals surface area contributed by atoms with Crippen molar-refractivity contribution in [3.8, 4) is 0 Å². The monoisotopic (exact) mass is 504 g/mol. The van der Waals surface area contributed by atoms with Gasteiger partial charge in [-0.2, -0.15) is 0 Å². The predicted octanol–water partition coefficient (Wildman–Crippen LogP) is 4.77. The Morgan fingerprint density at radius 1 is 1.20 bits per heavy atom. The van der Waals surface area contributed by atoms with Gasteiger partial charge < -0.3 is 10.4 Å². The lowest BCUT2D eigenvalue weighted by atomic mass is 10.2. The molecule has 0 aromatic heterocycles. The first kappa shape index (κ1) is 22.2. The molecule has 1 aliphatic heterocycles. The number of hydrogen-bond acceptors (Lipinski definition) is 5. The second-order valence-electron chi connectivity index (χ2n) is 6.42. The van der Waals surface area contributed by atoms with Gasteiger partial charge in [-0.1, -0.05) is 52.0 Å². The summed E-state index contributed by atoms with van der Waals surface area (Å²) in [6.07, 6.45) is 2.47. The number of carbonyl (C=O) groups is 3. The van der Waals surface area contributed by atoms with E-state index in [1.54, 1.807) is 6.08 Å². The van der Waals surface area contributed by atoms with Gasteiger partial charge in [0.1, 0.15) is 4.32 Å². The fourth-order valence-electron chi connectivity index (χ4n) is 2.76. The minimum absolute atomic E-state index is 0.151. The van der Waals surface area contributed by atoms with Crippen LogP contribution in [0.1, 0.15) is 28.8 Å². The quantitative estimate of drug-likeness (QED) is 0.417. The highest BCUT2D eigenvalue weighted by molar-refractivity contribution is 9.10. The van der Waals surface area contributed by atoms with Gasteiger partial charge >= 0.3 is 5.97 Å². The van der Waals surface area contributed by atoms with Gasteiger partial charge in [0.05, 0.1) is 10.5 Å². The number of halogens is 1. The van der Waals surface area contributed by atoms with Gasteiger partial charge in [0, 0.05) is 23.1 Å². The third-order valence-corrected chi connectivity index (χ3v) is 6.09. The minimum atomic E-state index is -1.02. The summed E-state index contributed by atoms with van der Waals surface area (Å²) in [6, 6.07) is 13.6. The molecule has 2 aromatic carbocycles. The molecule has 0 radical (unpaired) electrons. The van der Waals surface area contributed by atoms with E-state index >= 15 is 0 Å². The van der Waals surface area contributed by atoms with E-state index in [0.717, 1.165) is 10.0 Å². The Balaban J connectivity index is 1.51. The van der Waals surface area contributed by atoms with Gasteiger partial charge in [-0.25, -0.2) is 4.79 Å². The van der Waals surface area contributed by atoms with Crippen molar-refractivity contribution in [3.05, 3.63) is 69.0 Å². The van der Waals surface area contributed by atoms with E-state index < -0.39 is 5.97 Å². The standard InChI is InChI=1S/C21H17BrN2O4S2/c22-15-4-1-3-13(11-15)12-17-19(26)24(21(29)30-17)10-2-5-18(25)23-16-8-6-14(7-9-16)20(27)28/h1,3-4,6-9,11-12H,2,5,10H2,(H,23,25)(H,27,28)/b17-12+. The molecule has 1 aliphatic rings. The number of carbonyl (C=O) groups excluding carboxylic acids is 2. The molecule has 30 heavy (non-hydrogen) atoms. The summed E-state index contributed by atoms with van der Waals surface area (Å²) >= 11 is 9.99. The van der Waals surface area contributed by atoms with Gasteiger partial charge in [-0.15, -0.1) is 0 Å². The second-order valence-corrected chi connectivity index (χ2v) is 9.01. The molecule has 3 rings (SSSR count). The molecule has 1 saturated heterocycles. The van der Waals surface area contributed by atoms with Crippen molar-refractivity contribution in [1.29, 1.82) is 0 Å². The number of hydrogen-bond donors (Lipinski definition) is 2. The predicted molar refractivity (Wildman–Crippen MR) is 125 cm³/mol. The fraction of sp³-hybridized carbons (Fsp3) is 0.143. The number of rotatable bonds is 7. The lowest BCUT2D eigenvalue weighted by molar-refractivity contribution is -0.122. The zero-order chi connectivity index (χ0) is 21.7. The van der Waals surface area contributed by atoms with E-state index in [4.69, 9.17) is 17.3 Å². The summed E-state index contributed by atoms with van der Waals surface area (Å²) in [5, 5.41) is 11.6. The number of anilines is 1. The smallest absolute Gasteiger partial charge is 0.335 e. The van der Waals surface area contributed by atoms with E-state index in [1.165, 1.54) is 40.9 Å². The van der Waals surface area contributed by atoms with Crippen LogP contribution in [0.3, 0.4) is 0 Å². The maximum atomic E-state index is 12.6. The first-order valence-electron chi connectivity index (χ1n) is 8.97. The first-order valence-corrected chi connectivity index (χ1v) is 11.0. The number of thioether (sulfide) groups is 1. The molecular formula is C21H17BrN2O4S2. The Hall–Kier alpha value is -2.49. The first-order chi connectivity index (χ1) is 14.3. The lowest BCUT2D eigenvalue weighted by Gasteiger charge is -2.14. The van der Waals surface area contributed by atoms with Crippen molar-refractivity contribution >= 4 is 73.8 Å². The van der Waals surface area contributed by atoms with Crippen LogP contribution in [-0.2, 0) is 9.59 Å². The Morgan fingerprint density at radius 2 is 1.93 bits per heavy atom. The highest BCUT2D eigenvalue weighted by Crippen LogP contribution is 2.33. The summed E-state index contributed by atoms with van der Waals surface area (Å²) in [6.45, 7) is 0.353. The lowest BCUT2D eigenvalue weighted by Crippen LogP contribution is -2.29. The average molecular weight is 505 g/mol. The van der Waals surface area contributed by atoms with Crippen LogP contribution in [0, 0.1) is 0 Å². The molecule has 0 atom stereocenters. The molecule has 0 aliphatic carbocycles. The van der Waals surface area contributed by atoms with Crippen molar-refractivity contribution in [2.75, 3.05) is 11.9 Å². The van der Waals surface area contributed by atoms with Crippen LogP contribution in [0.2, 0.25) is 0 Å². The average Bonchev–Trinajstić information content (AvgIpc) is 2.95. The van der Waals surface area contributed by atoms with Gasteiger partial charge in [-0.3, -0.25) is 14.5 Å². The molecular weight excluding hydrogens is 488 g/mol. The summed E-state index contributed by atoms with van der Waals surface area (Å²) in [7, 11) is 0. The van der Waals surface area contributed by atoms with Crippen LogP contribution in [0.4, 0.5) is 5.69 Å². The number of nitrogens with one attached hydrogen (secondary N) is 1. The van der Waals surface area contributed by atoms with Crippen molar-refractivity contribution < 1.29 is 19.5 Å². The summed E-state index contributed by atoms with van der Waals surface area (Å²) in [5.41, 5.74) is 1.57. The number of nitrogens with zero attached hydrogens (tertiary/aromatic N) is 1. The van der Waals surface area contributed by atoms with E-state index in [9.17, 15) is 14.4 Å². The van der Waals surface area contributed by atoms with Gasteiger partial charge in [0.2, 0.25) is 5.91 Å². The number of benzene rings is 2. The van der Waals surface area contributed by atoms with Crippen molar-refractivity contribution in [1.82, 2.24) is 4.90 Å². The number of carboxylic acids is 1. The third-order valence-electron chi connectivity index (χ3n) is 4.22. The van der Waals surface area contributed by atoms with Crippen LogP contribution in [0.25, 0.3) is 6.08 Å². The molecule has 0 unspecified atom stereocenters. The molecule has 154 valence electrons. The molecule has 1 heterocycles. The number of carboxylic acid groups (broad SMARTS) is 1. The van der Waals surface area contributed by atoms with Gasteiger partial charge in [0.25, 0.3) is 5.91 Å². The van der Waals surface area contributed by atoms with E-state index in [1.807, 2.05) is 24.3 Å². The molecule has 1 fully saturated rings. The Labute approximate surface area is 191 Å². The van der Waals surface area contributed by atoms with E-state index in [-0.39, 0.29) is 23.8 Å². The van der Waals surface area contributed by atoms with Crippen LogP contribution < -0.4 is 5.32 Å². The SMILES string of the molecule is O=C(CCCN1C(=O)/C(=C\c2cccc(Br)c2)SC1=S)Nc1ccc(C(=O)O)cc1. The van der Waals surface area contributed by atoms with E-state index in [2.05, 4.69) is 21.2 Å². The molecule has 6 nitrogen and oxygen atoms in total. The van der Waals surface area contributed by atoms with Gasteiger partial charge in [0.15, 0.2) is 0 Å². The van der Waals surface area contributed by atoms with Gasteiger partial charge in [-0.05, 0) is 54.5 Å². The molecule has 2 aromatic rings. The van der Waals surface area contributed by atoms with Crippen molar-refractivity contribution in [3.63, 3.8) is 0 Å². The zero-order valence-electron chi connectivity index (χ0n) is 15.6. The maximum Gasteiger partial charge on any atom is 0.335 e. The van der Waals surface area contributed by atoms with E-state index in [0.29, 0.717) is 27.9 Å². The number of amides is 2. The highest BCUT2D eigenvalue weighted by atomic mass is 79.9. The summed E-state index contributed by atoms with van der Waals surface area (Å²) < 4.78 is 1.40. The molecule has 2 amide bonds. The second kappa shape index (κ2) is 10.0. The molecule has 2 N–H and O–H groups in total. The Morgan fingerprint density at radius 3 is 2.60 bits per heavy atom. The molecule has 0 bridgehead atoms. The third kappa shape index (κ3) is 5.78. The summed E-state index contributed by atoms with van der Waals surface area (Å²) in [5.74, 6) is -1.40.